The number of methoxy groups -OCH3 is 2. The molecule has 4 aromatic rings. The number of nitrogens with zero attached hydrogens (tertiary/aromatic N) is 1. The van der Waals surface area contributed by atoms with Crippen molar-refractivity contribution < 1.29 is 14.3 Å². The molecule has 27 heavy (non-hydrogen) atoms. The quantitative estimate of drug-likeness (QED) is 0.464. The Morgan fingerprint density at radius 2 is 1.59 bits per heavy atom. The summed E-state index contributed by atoms with van der Waals surface area (Å²) in [6.07, 6.45) is 0. The van der Waals surface area contributed by atoms with E-state index in [0.29, 0.717) is 5.69 Å². The summed E-state index contributed by atoms with van der Waals surface area (Å²) in [5.41, 5.74) is 5.39. The van der Waals surface area contributed by atoms with Gasteiger partial charge in [-0.15, -0.1) is 0 Å². The molecule has 0 fully saturated rings. The van der Waals surface area contributed by atoms with Gasteiger partial charge in [0.05, 0.1) is 31.1 Å². The highest BCUT2D eigenvalue weighted by Gasteiger charge is 2.29. The van der Waals surface area contributed by atoms with Crippen LogP contribution in [0.3, 0.4) is 0 Å². The van der Waals surface area contributed by atoms with Crippen molar-refractivity contribution in [3.05, 3.63) is 78.0 Å². The van der Waals surface area contributed by atoms with Crippen molar-refractivity contribution >= 4 is 16.7 Å². The number of rotatable bonds is 3. The highest BCUT2D eigenvalue weighted by molar-refractivity contribution is 6.18. The molecule has 1 aliphatic rings. The van der Waals surface area contributed by atoms with Crippen molar-refractivity contribution in [2.75, 3.05) is 14.2 Å². The van der Waals surface area contributed by atoms with Gasteiger partial charge in [0.15, 0.2) is 0 Å². The van der Waals surface area contributed by atoms with E-state index in [9.17, 15) is 4.79 Å². The van der Waals surface area contributed by atoms with Crippen LogP contribution < -0.4 is 9.47 Å². The third kappa shape index (κ3) is 2.13. The van der Waals surface area contributed by atoms with Crippen LogP contribution in [0.15, 0.2) is 66.7 Å². The third-order valence-corrected chi connectivity index (χ3v) is 5.17. The third-order valence-electron chi connectivity index (χ3n) is 5.17. The van der Waals surface area contributed by atoms with Crippen LogP contribution in [-0.2, 0) is 0 Å². The molecule has 0 spiro atoms. The van der Waals surface area contributed by atoms with E-state index in [4.69, 9.17) is 9.47 Å². The van der Waals surface area contributed by atoms with E-state index in [1.807, 2.05) is 65.2 Å². The van der Waals surface area contributed by atoms with Crippen LogP contribution in [0.25, 0.3) is 27.7 Å². The predicted octanol–water partition coefficient (Wildman–Crippen LogP) is 4.86. The minimum atomic E-state index is 0.0643. The van der Waals surface area contributed by atoms with Gasteiger partial charge in [-0.1, -0.05) is 24.3 Å². The smallest absolute Gasteiger partial charge is 0.211 e. The molecule has 132 valence electrons. The summed E-state index contributed by atoms with van der Waals surface area (Å²) in [6.45, 7) is 0. The largest absolute Gasteiger partial charge is 0.497 e. The van der Waals surface area contributed by atoms with Gasteiger partial charge in [-0.05, 0) is 42.0 Å². The van der Waals surface area contributed by atoms with Crippen LogP contribution in [0.4, 0.5) is 0 Å². The number of hydrogen-bond acceptors (Lipinski definition) is 3. The van der Waals surface area contributed by atoms with Crippen molar-refractivity contribution in [1.82, 2.24) is 4.57 Å². The lowest BCUT2D eigenvalue weighted by Crippen LogP contribution is -1.94. The van der Waals surface area contributed by atoms with E-state index in [-0.39, 0.29) is 5.78 Å². The van der Waals surface area contributed by atoms with Gasteiger partial charge in [-0.2, -0.15) is 0 Å². The lowest BCUT2D eigenvalue weighted by molar-refractivity contribution is 0.104. The first kappa shape index (κ1) is 15.7. The lowest BCUT2D eigenvalue weighted by atomic mass is 9.99. The first-order valence-electron chi connectivity index (χ1n) is 8.74. The first-order chi connectivity index (χ1) is 13.2. The maximum Gasteiger partial charge on any atom is 0.211 e. The molecular formula is C23H17NO3. The zero-order valence-corrected chi connectivity index (χ0v) is 15.0. The molecule has 0 atom stereocenters. The van der Waals surface area contributed by atoms with E-state index < -0.39 is 0 Å². The van der Waals surface area contributed by atoms with Crippen molar-refractivity contribution in [1.29, 1.82) is 0 Å². The van der Waals surface area contributed by atoms with Gasteiger partial charge in [0, 0.05) is 22.6 Å². The van der Waals surface area contributed by atoms with E-state index in [2.05, 4.69) is 6.07 Å². The first-order valence-corrected chi connectivity index (χ1v) is 8.74. The molecule has 0 saturated carbocycles. The molecule has 0 bridgehead atoms. The maximum atomic E-state index is 12.8. The van der Waals surface area contributed by atoms with Crippen molar-refractivity contribution in [2.24, 2.45) is 0 Å². The molecule has 5 rings (SSSR count). The number of benzene rings is 3. The molecular weight excluding hydrogens is 338 g/mol. The zero-order valence-electron chi connectivity index (χ0n) is 15.0. The number of carbonyl (C=O) groups is 1. The number of para-hydroxylation sites is 1. The minimum absolute atomic E-state index is 0.0643. The van der Waals surface area contributed by atoms with Crippen LogP contribution in [0, 0.1) is 0 Å². The second-order valence-electron chi connectivity index (χ2n) is 6.52. The fourth-order valence-electron chi connectivity index (χ4n) is 3.91. The molecule has 4 heteroatoms. The van der Waals surface area contributed by atoms with Crippen LogP contribution in [0.5, 0.6) is 11.5 Å². The molecule has 3 aromatic carbocycles. The molecule has 1 aliphatic heterocycles. The highest BCUT2D eigenvalue weighted by atomic mass is 16.5. The molecule has 4 nitrogen and oxygen atoms in total. The van der Waals surface area contributed by atoms with Gasteiger partial charge in [-0.25, -0.2) is 0 Å². The fourth-order valence-corrected chi connectivity index (χ4v) is 3.91. The van der Waals surface area contributed by atoms with Crippen molar-refractivity contribution in [3.63, 3.8) is 0 Å². The van der Waals surface area contributed by atoms with Gasteiger partial charge in [0.2, 0.25) is 5.78 Å². The Morgan fingerprint density at radius 1 is 0.778 bits per heavy atom. The topological polar surface area (TPSA) is 40.5 Å². The maximum absolute atomic E-state index is 12.8. The molecule has 2 heterocycles. The van der Waals surface area contributed by atoms with Gasteiger partial charge >= 0.3 is 0 Å². The number of ether oxygens (including phenoxy) is 2. The zero-order chi connectivity index (χ0) is 18.5. The molecule has 0 saturated heterocycles. The van der Waals surface area contributed by atoms with Gasteiger partial charge in [-0.3, -0.25) is 4.79 Å². The standard InChI is InChI=1S/C23H17NO3/c1-26-14-10-11-16(22(12-14)27-2)15-7-5-9-20-18(15)13-21-23(25)17-6-3-4-8-19(17)24(20)21/h3-13H,1-2H3. The van der Waals surface area contributed by atoms with Crippen molar-refractivity contribution in [3.8, 4) is 28.3 Å². The van der Waals surface area contributed by atoms with Gasteiger partial charge < -0.3 is 14.0 Å². The molecule has 0 unspecified atom stereocenters. The summed E-state index contributed by atoms with van der Waals surface area (Å²) in [7, 11) is 3.29. The predicted molar refractivity (Wildman–Crippen MR) is 105 cm³/mol. The van der Waals surface area contributed by atoms with Crippen molar-refractivity contribution in [2.45, 2.75) is 0 Å². The summed E-state index contributed by atoms with van der Waals surface area (Å²) < 4.78 is 12.9. The van der Waals surface area contributed by atoms with E-state index in [0.717, 1.165) is 44.8 Å². The van der Waals surface area contributed by atoms with E-state index >= 15 is 0 Å². The minimum Gasteiger partial charge on any atom is -0.497 e. The monoisotopic (exact) mass is 355 g/mol. The average molecular weight is 355 g/mol. The summed E-state index contributed by atoms with van der Waals surface area (Å²) in [6, 6.07) is 21.6. The van der Waals surface area contributed by atoms with Crippen LogP contribution >= 0.6 is 0 Å². The normalized spacial score (nSPS) is 12.1. The molecule has 0 amide bonds. The summed E-state index contributed by atoms with van der Waals surface area (Å²) in [4.78, 5) is 12.8. The lowest BCUT2D eigenvalue weighted by Gasteiger charge is -2.12. The number of aromatic nitrogens is 1. The second-order valence-corrected chi connectivity index (χ2v) is 6.52. The second kappa shape index (κ2) is 5.74. The van der Waals surface area contributed by atoms with Crippen LogP contribution in [-0.4, -0.2) is 24.6 Å². The molecule has 1 aromatic heterocycles. The number of ketones is 1. The Kier molecular flexibility index (Phi) is 3.34. The summed E-state index contributed by atoms with van der Waals surface area (Å²) in [5, 5.41) is 1.03. The Balaban J connectivity index is 1.79. The van der Waals surface area contributed by atoms with Gasteiger partial charge in [0.1, 0.15) is 11.5 Å². The molecule has 0 radical (unpaired) electrons. The molecule has 0 N–H and O–H groups in total. The fraction of sp³-hybridized carbons (Fsp3) is 0.0870. The Morgan fingerprint density at radius 3 is 2.41 bits per heavy atom. The number of carbonyl (C=O) groups excluding carboxylic acids is 1. The van der Waals surface area contributed by atoms with Crippen LogP contribution in [0.1, 0.15) is 16.1 Å². The van der Waals surface area contributed by atoms with Crippen LogP contribution in [0.2, 0.25) is 0 Å². The summed E-state index contributed by atoms with van der Waals surface area (Å²) >= 11 is 0. The SMILES string of the molecule is COc1ccc(-c2cccc3c2cc2n3-c3ccccc3C2=O)c(OC)c1. The number of hydrogen-bond donors (Lipinski definition) is 0. The highest BCUT2D eigenvalue weighted by Crippen LogP contribution is 2.41. The Labute approximate surface area is 156 Å². The van der Waals surface area contributed by atoms with Gasteiger partial charge in [0.25, 0.3) is 0 Å². The Hall–Kier alpha value is -3.53. The number of fused-ring (bicyclic) bond motifs is 5. The molecule has 0 aliphatic carbocycles. The Bertz CT molecular complexity index is 1220. The van der Waals surface area contributed by atoms with E-state index in [1.54, 1.807) is 14.2 Å². The van der Waals surface area contributed by atoms with E-state index in [1.165, 1.54) is 0 Å². The summed E-state index contributed by atoms with van der Waals surface area (Å²) in [5.74, 6) is 1.54. The average Bonchev–Trinajstić information content (AvgIpc) is 3.24.